The minimum absolute atomic E-state index is 0.0998. The molecule has 0 radical (unpaired) electrons. The molecule has 0 spiro atoms. The highest BCUT2D eigenvalue weighted by Gasteiger charge is 2.21. The van der Waals surface area contributed by atoms with Gasteiger partial charge in [0.2, 0.25) is 0 Å². The molecule has 144 valence electrons. The van der Waals surface area contributed by atoms with Crippen LogP contribution in [0.4, 0.5) is 4.39 Å². The lowest BCUT2D eigenvalue weighted by Crippen LogP contribution is -2.41. The molecule has 2 aromatic carbocycles. The average Bonchev–Trinajstić information content (AvgIpc) is 3.13. The molecule has 7 nitrogen and oxygen atoms in total. The fraction of sp³-hybridized carbons (Fsp3) is 0.0476. The van der Waals surface area contributed by atoms with Gasteiger partial charge in [0.1, 0.15) is 5.82 Å². The summed E-state index contributed by atoms with van der Waals surface area (Å²) in [6.45, 7) is 1.66. The Labute approximate surface area is 164 Å². The van der Waals surface area contributed by atoms with Crippen molar-refractivity contribution in [2.24, 2.45) is 0 Å². The summed E-state index contributed by atoms with van der Waals surface area (Å²) in [5.74, 6) is -1.56. The zero-order chi connectivity index (χ0) is 20.4. The van der Waals surface area contributed by atoms with E-state index in [0.717, 1.165) is 0 Å². The van der Waals surface area contributed by atoms with Crippen molar-refractivity contribution >= 4 is 22.9 Å². The van der Waals surface area contributed by atoms with Crippen molar-refractivity contribution in [2.45, 2.75) is 6.92 Å². The first kappa shape index (κ1) is 18.3. The average molecular weight is 390 g/mol. The molecule has 4 aromatic rings. The fourth-order valence-electron chi connectivity index (χ4n) is 2.92. The monoisotopic (exact) mass is 390 g/mol. The van der Waals surface area contributed by atoms with Gasteiger partial charge in [0.05, 0.1) is 22.3 Å². The van der Waals surface area contributed by atoms with Gasteiger partial charge < -0.3 is 4.52 Å². The Hall–Kier alpha value is -4.07. The van der Waals surface area contributed by atoms with Crippen molar-refractivity contribution in [3.63, 3.8) is 0 Å². The van der Waals surface area contributed by atoms with Crippen LogP contribution in [0.2, 0.25) is 0 Å². The van der Waals surface area contributed by atoms with Gasteiger partial charge in [0.15, 0.2) is 0 Å². The molecule has 2 amide bonds. The molecule has 2 aromatic heterocycles. The molecule has 8 heteroatoms. The van der Waals surface area contributed by atoms with E-state index in [1.165, 1.54) is 12.1 Å². The number of aromatic nitrogens is 2. The van der Waals surface area contributed by atoms with E-state index in [-0.39, 0.29) is 22.5 Å². The molecule has 29 heavy (non-hydrogen) atoms. The van der Waals surface area contributed by atoms with Crippen molar-refractivity contribution in [3.8, 4) is 11.3 Å². The molecule has 0 saturated carbocycles. The minimum atomic E-state index is -0.606. The van der Waals surface area contributed by atoms with Gasteiger partial charge in [0, 0.05) is 11.1 Å². The van der Waals surface area contributed by atoms with E-state index in [9.17, 15) is 14.0 Å². The van der Waals surface area contributed by atoms with Gasteiger partial charge in [-0.3, -0.25) is 20.4 Å². The number of aryl methyl sites for hydroxylation is 1. The Morgan fingerprint density at radius 2 is 1.66 bits per heavy atom. The summed E-state index contributed by atoms with van der Waals surface area (Å²) in [6, 6.07) is 15.9. The van der Waals surface area contributed by atoms with Gasteiger partial charge in [-0.2, -0.15) is 0 Å². The van der Waals surface area contributed by atoms with Crippen molar-refractivity contribution < 1.29 is 18.5 Å². The zero-order valence-electron chi connectivity index (χ0n) is 15.3. The Morgan fingerprint density at radius 3 is 2.41 bits per heavy atom. The highest BCUT2D eigenvalue weighted by atomic mass is 19.1. The van der Waals surface area contributed by atoms with Crippen LogP contribution in [0.5, 0.6) is 0 Å². The summed E-state index contributed by atoms with van der Waals surface area (Å²) in [5, 5.41) is 4.23. The van der Waals surface area contributed by atoms with Crippen LogP contribution in [0.1, 0.15) is 26.4 Å². The van der Waals surface area contributed by atoms with Gasteiger partial charge in [-0.1, -0.05) is 35.5 Å². The lowest BCUT2D eigenvalue weighted by molar-refractivity contribution is 0.0847. The largest absolute Gasteiger partial charge is 0.335 e. The van der Waals surface area contributed by atoms with Crippen LogP contribution in [0.25, 0.3) is 22.4 Å². The molecule has 0 unspecified atom stereocenters. The molecule has 0 aliphatic heterocycles. The third-order valence-corrected chi connectivity index (χ3v) is 4.34. The lowest BCUT2D eigenvalue weighted by Gasteiger charge is -2.10. The van der Waals surface area contributed by atoms with Crippen molar-refractivity contribution in [1.82, 2.24) is 21.0 Å². The van der Waals surface area contributed by atoms with Gasteiger partial charge in [-0.05, 0) is 37.3 Å². The highest BCUT2D eigenvalue weighted by molar-refractivity contribution is 6.08. The number of halogens is 1. The second-order valence-electron chi connectivity index (χ2n) is 6.26. The van der Waals surface area contributed by atoms with E-state index >= 15 is 0 Å². The summed E-state index contributed by atoms with van der Waals surface area (Å²) in [5.41, 5.74) is 6.25. The SMILES string of the molecule is Cc1noc2nc(-c3ccccc3F)cc(C(=O)NNC(=O)c3ccccc3)c12. The van der Waals surface area contributed by atoms with Crippen LogP contribution in [0.3, 0.4) is 0 Å². The molecule has 2 heterocycles. The molecular weight excluding hydrogens is 375 g/mol. The number of carbonyl (C=O) groups excluding carboxylic acids is 2. The third-order valence-electron chi connectivity index (χ3n) is 4.34. The topological polar surface area (TPSA) is 97.1 Å². The predicted octanol–water partition coefficient (Wildman–Crippen LogP) is 3.41. The molecule has 0 aliphatic carbocycles. The van der Waals surface area contributed by atoms with E-state index in [2.05, 4.69) is 21.0 Å². The van der Waals surface area contributed by atoms with Crippen molar-refractivity contribution in [2.75, 3.05) is 0 Å². The number of hydrogen-bond donors (Lipinski definition) is 2. The zero-order valence-corrected chi connectivity index (χ0v) is 15.3. The van der Waals surface area contributed by atoms with E-state index in [1.807, 2.05) is 0 Å². The lowest BCUT2D eigenvalue weighted by atomic mass is 10.0. The van der Waals surface area contributed by atoms with E-state index in [0.29, 0.717) is 16.6 Å². The van der Waals surface area contributed by atoms with Crippen molar-refractivity contribution in [1.29, 1.82) is 0 Å². The number of rotatable bonds is 3. The van der Waals surface area contributed by atoms with Gasteiger partial charge in [-0.15, -0.1) is 0 Å². The smallest absolute Gasteiger partial charge is 0.270 e. The van der Waals surface area contributed by atoms with Crippen molar-refractivity contribution in [3.05, 3.63) is 83.3 Å². The summed E-state index contributed by atoms with van der Waals surface area (Å²) < 4.78 is 19.4. The second-order valence-corrected chi connectivity index (χ2v) is 6.26. The number of amides is 2. The number of nitrogens with zero attached hydrogens (tertiary/aromatic N) is 2. The summed E-state index contributed by atoms with van der Waals surface area (Å²) >= 11 is 0. The molecule has 0 fully saturated rings. The second kappa shape index (κ2) is 7.51. The standard InChI is InChI=1S/C21H15FN4O3/c1-12-18-15(20(28)25-24-19(27)13-7-3-2-4-8-13)11-17(23-21(18)29-26-12)14-9-5-6-10-16(14)22/h2-11H,1H3,(H,24,27)(H,25,28). The predicted molar refractivity (Wildman–Crippen MR) is 103 cm³/mol. The van der Waals surface area contributed by atoms with Gasteiger partial charge >= 0.3 is 0 Å². The molecule has 0 aliphatic rings. The van der Waals surface area contributed by atoms with Crippen LogP contribution >= 0.6 is 0 Å². The summed E-state index contributed by atoms with van der Waals surface area (Å²) in [4.78, 5) is 29.2. The summed E-state index contributed by atoms with van der Waals surface area (Å²) in [7, 11) is 0. The third kappa shape index (κ3) is 3.55. The van der Waals surface area contributed by atoms with Crippen LogP contribution in [-0.2, 0) is 0 Å². The molecule has 0 atom stereocenters. The number of fused-ring (bicyclic) bond motifs is 1. The maximum atomic E-state index is 14.2. The molecule has 0 bridgehead atoms. The highest BCUT2D eigenvalue weighted by Crippen LogP contribution is 2.28. The van der Waals surface area contributed by atoms with E-state index < -0.39 is 17.6 Å². The van der Waals surface area contributed by atoms with Crippen LogP contribution in [0, 0.1) is 12.7 Å². The Morgan fingerprint density at radius 1 is 0.966 bits per heavy atom. The Bertz CT molecular complexity index is 1220. The number of nitrogens with one attached hydrogen (secondary N) is 2. The van der Waals surface area contributed by atoms with E-state index in [4.69, 9.17) is 4.52 Å². The number of carbonyl (C=O) groups is 2. The van der Waals surface area contributed by atoms with Crippen LogP contribution in [0.15, 0.2) is 65.2 Å². The molecule has 4 rings (SSSR count). The molecule has 2 N–H and O–H groups in total. The Kier molecular flexibility index (Phi) is 4.74. The quantitative estimate of drug-likeness (QED) is 0.523. The van der Waals surface area contributed by atoms with Gasteiger partial charge in [0.25, 0.3) is 17.5 Å². The summed E-state index contributed by atoms with van der Waals surface area (Å²) in [6.07, 6.45) is 0. The van der Waals surface area contributed by atoms with Crippen LogP contribution < -0.4 is 10.9 Å². The van der Waals surface area contributed by atoms with Gasteiger partial charge in [-0.25, -0.2) is 9.37 Å². The Balaban J connectivity index is 1.68. The minimum Gasteiger partial charge on any atom is -0.335 e. The first-order chi connectivity index (χ1) is 14.0. The number of benzene rings is 2. The van der Waals surface area contributed by atoms with E-state index in [1.54, 1.807) is 55.5 Å². The maximum Gasteiger partial charge on any atom is 0.270 e. The first-order valence-corrected chi connectivity index (χ1v) is 8.72. The number of pyridine rings is 1. The normalized spacial score (nSPS) is 10.7. The molecule has 0 saturated heterocycles. The number of hydrogen-bond acceptors (Lipinski definition) is 5. The fourth-order valence-corrected chi connectivity index (χ4v) is 2.92. The first-order valence-electron chi connectivity index (χ1n) is 8.72. The maximum absolute atomic E-state index is 14.2. The van der Waals surface area contributed by atoms with Crippen LogP contribution in [-0.4, -0.2) is 22.0 Å². The number of hydrazine groups is 1. The molecular formula is C21H15FN4O3.